The van der Waals surface area contributed by atoms with E-state index in [1.165, 1.54) is 0 Å². The van der Waals surface area contributed by atoms with Gasteiger partial charge in [0.25, 0.3) is 0 Å². The van der Waals surface area contributed by atoms with Crippen LogP contribution in [0.5, 0.6) is 0 Å². The summed E-state index contributed by atoms with van der Waals surface area (Å²) in [5, 5.41) is 0. The van der Waals surface area contributed by atoms with Crippen LogP contribution in [0, 0.1) is 6.92 Å². The highest BCUT2D eigenvalue weighted by Crippen LogP contribution is 2.15. The number of aryl methyl sites for hydroxylation is 1. The van der Waals surface area contributed by atoms with E-state index in [9.17, 15) is 4.79 Å². The van der Waals surface area contributed by atoms with Crippen LogP contribution in [0.2, 0.25) is 0 Å². The predicted octanol–water partition coefficient (Wildman–Crippen LogP) is 1.15. The number of aromatic nitrogens is 1. The summed E-state index contributed by atoms with van der Waals surface area (Å²) < 4.78 is 0. The van der Waals surface area contributed by atoms with Gasteiger partial charge in [-0.15, -0.1) is 0 Å². The average molecular weight is 264 g/mol. The molecule has 5 nitrogen and oxygen atoms in total. The van der Waals surface area contributed by atoms with Crippen LogP contribution >= 0.6 is 0 Å². The number of carbonyl (C=O) groups is 1. The van der Waals surface area contributed by atoms with Crippen molar-refractivity contribution in [3.05, 3.63) is 23.4 Å². The lowest BCUT2D eigenvalue weighted by Gasteiger charge is -2.25. The van der Waals surface area contributed by atoms with Gasteiger partial charge in [-0.25, -0.2) is 4.98 Å². The Morgan fingerprint density at radius 3 is 2.58 bits per heavy atom. The van der Waals surface area contributed by atoms with E-state index in [4.69, 9.17) is 5.73 Å². The lowest BCUT2D eigenvalue weighted by atomic mass is 10.2. The molecule has 0 fully saturated rings. The fourth-order valence-corrected chi connectivity index (χ4v) is 1.85. The molecule has 1 aromatic rings. The van der Waals surface area contributed by atoms with Crippen molar-refractivity contribution in [2.45, 2.75) is 26.8 Å². The van der Waals surface area contributed by atoms with E-state index in [1.54, 1.807) is 19.0 Å². The Kier molecular flexibility index (Phi) is 5.76. The van der Waals surface area contributed by atoms with Crippen LogP contribution in [0.4, 0.5) is 5.82 Å². The highest BCUT2D eigenvalue weighted by molar-refractivity contribution is 5.80. The first-order valence-corrected chi connectivity index (χ1v) is 6.60. The van der Waals surface area contributed by atoms with Crippen LogP contribution in [-0.4, -0.2) is 43.0 Å². The molecule has 0 aliphatic carbocycles. The maximum Gasteiger partial charge on any atom is 0.241 e. The number of nitrogens with zero attached hydrogens (tertiary/aromatic N) is 3. The maximum absolute atomic E-state index is 11.9. The fourth-order valence-electron chi connectivity index (χ4n) is 1.85. The minimum atomic E-state index is 0.0751. The molecule has 1 aromatic heterocycles. The monoisotopic (exact) mass is 264 g/mol. The van der Waals surface area contributed by atoms with Crippen molar-refractivity contribution in [3.8, 4) is 0 Å². The third-order valence-electron chi connectivity index (χ3n) is 2.88. The van der Waals surface area contributed by atoms with Gasteiger partial charge in [0, 0.05) is 32.9 Å². The van der Waals surface area contributed by atoms with E-state index in [2.05, 4.69) is 11.9 Å². The van der Waals surface area contributed by atoms with Crippen molar-refractivity contribution in [2.75, 3.05) is 32.1 Å². The van der Waals surface area contributed by atoms with Gasteiger partial charge in [0.15, 0.2) is 0 Å². The SMILES string of the molecule is CCCN(CC(=O)N(C)C)c1cc(CN)cc(C)n1. The topological polar surface area (TPSA) is 62.5 Å². The summed E-state index contributed by atoms with van der Waals surface area (Å²) in [5.41, 5.74) is 7.66. The molecule has 0 bridgehead atoms. The molecule has 0 spiro atoms. The normalized spacial score (nSPS) is 10.4. The number of amides is 1. The third kappa shape index (κ3) is 4.52. The largest absolute Gasteiger partial charge is 0.347 e. The van der Waals surface area contributed by atoms with E-state index in [1.807, 2.05) is 24.0 Å². The van der Waals surface area contributed by atoms with Gasteiger partial charge in [-0.1, -0.05) is 6.92 Å². The van der Waals surface area contributed by atoms with Gasteiger partial charge in [0.2, 0.25) is 5.91 Å². The maximum atomic E-state index is 11.9. The highest BCUT2D eigenvalue weighted by atomic mass is 16.2. The first-order chi connectivity index (χ1) is 8.97. The van der Waals surface area contributed by atoms with Gasteiger partial charge in [-0.05, 0) is 31.0 Å². The van der Waals surface area contributed by atoms with Crippen LogP contribution in [0.25, 0.3) is 0 Å². The minimum Gasteiger partial charge on any atom is -0.347 e. The Labute approximate surface area is 115 Å². The number of carbonyl (C=O) groups excluding carboxylic acids is 1. The van der Waals surface area contributed by atoms with Crippen molar-refractivity contribution in [3.63, 3.8) is 0 Å². The molecule has 1 heterocycles. The Balaban J connectivity index is 2.97. The fraction of sp³-hybridized carbons (Fsp3) is 0.571. The molecule has 0 saturated heterocycles. The molecular weight excluding hydrogens is 240 g/mol. The number of hydrogen-bond donors (Lipinski definition) is 1. The molecule has 2 N–H and O–H groups in total. The summed E-state index contributed by atoms with van der Waals surface area (Å²) in [4.78, 5) is 20.0. The number of hydrogen-bond acceptors (Lipinski definition) is 4. The molecule has 0 aliphatic heterocycles. The molecule has 0 aliphatic rings. The van der Waals surface area contributed by atoms with Crippen molar-refractivity contribution < 1.29 is 4.79 Å². The Morgan fingerprint density at radius 1 is 1.37 bits per heavy atom. The predicted molar refractivity (Wildman–Crippen MR) is 78.1 cm³/mol. The van der Waals surface area contributed by atoms with E-state index in [-0.39, 0.29) is 5.91 Å². The Hall–Kier alpha value is -1.62. The Morgan fingerprint density at radius 2 is 2.05 bits per heavy atom. The Bertz CT molecular complexity index is 431. The number of likely N-dealkylation sites (N-methyl/N-ethyl adjacent to an activating group) is 1. The van der Waals surface area contributed by atoms with Crippen LogP contribution in [-0.2, 0) is 11.3 Å². The quantitative estimate of drug-likeness (QED) is 0.837. The van der Waals surface area contributed by atoms with Gasteiger partial charge >= 0.3 is 0 Å². The number of anilines is 1. The van der Waals surface area contributed by atoms with Crippen molar-refractivity contribution in [2.24, 2.45) is 5.73 Å². The summed E-state index contributed by atoms with van der Waals surface area (Å²) in [7, 11) is 3.53. The first kappa shape index (κ1) is 15.4. The van der Waals surface area contributed by atoms with Crippen LogP contribution in [0.15, 0.2) is 12.1 Å². The lowest BCUT2D eigenvalue weighted by molar-refractivity contribution is -0.127. The van der Waals surface area contributed by atoms with Crippen molar-refractivity contribution in [1.82, 2.24) is 9.88 Å². The molecule has 0 unspecified atom stereocenters. The molecule has 0 saturated carbocycles. The molecule has 0 aromatic carbocycles. The molecule has 19 heavy (non-hydrogen) atoms. The van der Waals surface area contributed by atoms with Crippen molar-refractivity contribution >= 4 is 11.7 Å². The zero-order valence-corrected chi connectivity index (χ0v) is 12.3. The molecule has 0 radical (unpaired) electrons. The van der Waals surface area contributed by atoms with E-state index >= 15 is 0 Å². The third-order valence-corrected chi connectivity index (χ3v) is 2.88. The number of pyridine rings is 1. The lowest BCUT2D eigenvalue weighted by Crippen LogP contribution is -2.37. The summed E-state index contributed by atoms with van der Waals surface area (Å²) in [5.74, 6) is 0.906. The van der Waals surface area contributed by atoms with Gasteiger partial charge in [-0.3, -0.25) is 4.79 Å². The molecule has 106 valence electrons. The standard InChI is InChI=1S/C14H24N4O/c1-5-6-18(10-14(19)17(3)4)13-8-12(9-15)7-11(2)16-13/h7-8H,5-6,9-10,15H2,1-4H3. The summed E-state index contributed by atoms with van der Waals surface area (Å²) in [6, 6.07) is 3.94. The van der Waals surface area contributed by atoms with Gasteiger partial charge in [-0.2, -0.15) is 0 Å². The highest BCUT2D eigenvalue weighted by Gasteiger charge is 2.14. The molecule has 1 rings (SSSR count). The van der Waals surface area contributed by atoms with Gasteiger partial charge < -0.3 is 15.5 Å². The zero-order chi connectivity index (χ0) is 14.4. The molecule has 0 atom stereocenters. The van der Waals surface area contributed by atoms with E-state index < -0.39 is 0 Å². The van der Waals surface area contributed by atoms with Crippen LogP contribution in [0.1, 0.15) is 24.6 Å². The summed E-state index contributed by atoms with van der Waals surface area (Å²) in [6.07, 6.45) is 0.967. The molecule has 5 heteroatoms. The second kappa shape index (κ2) is 7.09. The molecule has 1 amide bonds. The van der Waals surface area contributed by atoms with Crippen LogP contribution < -0.4 is 10.6 Å². The number of rotatable bonds is 6. The van der Waals surface area contributed by atoms with Gasteiger partial charge in [0.1, 0.15) is 5.82 Å². The average Bonchev–Trinajstić information content (AvgIpc) is 2.37. The van der Waals surface area contributed by atoms with Gasteiger partial charge in [0.05, 0.1) is 6.54 Å². The minimum absolute atomic E-state index is 0.0751. The van der Waals surface area contributed by atoms with Crippen molar-refractivity contribution in [1.29, 1.82) is 0 Å². The smallest absolute Gasteiger partial charge is 0.241 e. The van der Waals surface area contributed by atoms with Crippen LogP contribution in [0.3, 0.4) is 0 Å². The second-order valence-electron chi connectivity index (χ2n) is 4.89. The first-order valence-electron chi connectivity index (χ1n) is 6.60. The zero-order valence-electron chi connectivity index (χ0n) is 12.3. The van der Waals surface area contributed by atoms with E-state index in [0.29, 0.717) is 13.1 Å². The second-order valence-corrected chi connectivity index (χ2v) is 4.89. The summed E-state index contributed by atoms with van der Waals surface area (Å²) in [6.45, 7) is 5.67. The molecular formula is C14H24N4O. The number of nitrogens with two attached hydrogens (primary N) is 1. The summed E-state index contributed by atoms with van der Waals surface area (Å²) >= 11 is 0. The van der Waals surface area contributed by atoms with E-state index in [0.717, 1.165) is 30.0 Å².